The van der Waals surface area contributed by atoms with E-state index in [-0.39, 0.29) is 19.6 Å². The molecular weight excluding hydrogens is 873 g/mol. The second-order valence-corrected chi connectivity index (χ2v) is 18.8. The number of allylic oxidation sites excluding steroid dienone is 12. The molecule has 1 aliphatic heterocycles. The van der Waals surface area contributed by atoms with E-state index in [9.17, 15) is 33.1 Å². The first-order valence-electron chi connectivity index (χ1n) is 26.2. The van der Waals surface area contributed by atoms with Crippen molar-refractivity contribution in [1.29, 1.82) is 0 Å². The maximum atomic E-state index is 12.9. The van der Waals surface area contributed by atoms with Crippen molar-refractivity contribution in [3.8, 4) is 0 Å². The maximum absolute atomic E-state index is 12.9. The molecular formula is C54H94O12S. The Hall–Kier alpha value is -2.46. The number of hydrogen-bond acceptors (Lipinski definition) is 11. The molecule has 0 radical (unpaired) electrons. The molecule has 1 rings (SSSR count). The summed E-state index contributed by atoms with van der Waals surface area (Å²) in [5.74, 6) is -0.420. The molecule has 4 N–H and O–H groups in total. The number of hydrogen-bond donors (Lipinski definition) is 4. The highest BCUT2D eigenvalue weighted by Gasteiger charge is 2.48. The summed E-state index contributed by atoms with van der Waals surface area (Å²) in [6.07, 6.45) is 49.3. The summed E-state index contributed by atoms with van der Waals surface area (Å²) in [5.41, 5.74) is 0. The average Bonchev–Trinajstić information content (AvgIpc) is 3.30. The SMILES string of the molecule is CC/C=C\C/C=C\C/C=C\C/C=C\C/C=C\CCCCCCCC(=O)OC(COCCCCCCCCCC/C=C\CCCCCCCCC)COC1OC(CO)C(O)C(OS(=O)(=O)O)C1O. The minimum atomic E-state index is -5.07. The highest BCUT2D eigenvalue weighted by Crippen LogP contribution is 2.26. The number of aliphatic hydroxyl groups excluding tert-OH is 3. The van der Waals surface area contributed by atoms with Gasteiger partial charge in [0, 0.05) is 13.0 Å². The Balaban J connectivity index is 2.38. The van der Waals surface area contributed by atoms with Crippen LogP contribution in [0, 0.1) is 0 Å². The first-order valence-corrected chi connectivity index (χ1v) is 27.6. The van der Waals surface area contributed by atoms with Crippen LogP contribution in [0.4, 0.5) is 0 Å². The van der Waals surface area contributed by atoms with Gasteiger partial charge in [-0.05, 0) is 83.5 Å². The largest absolute Gasteiger partial charge is 0.457 e. The molecule has 0 aromatic heterocycles. The molecule has 67 heavy (non-hydrogen) atoms. The molecule has 6 atom stereocenters. The number of carbonyl (C=O) groups excluding carboxylic acids is 1. The second kappa shape index (κ2) is 44.7. The van der Waals surface area contributed by atoms with Crippen LogP contribution in [-0.4, -0.2) is 97.5 Å². The van der Waals surface area contributed by atoms with Crippen molar-refractivity contribution in [2.75, 3.05) is 26.4 Å². The van der Waals surface area contributed by atoms with E-state index < -0.39 is 59.8 Å². The van der Waals surface area contributed by atoms with E-state index in [2.05, 4.69) is 90.9 Å². The van der Waals surface area contributed by atoms with Crippen molar-refractivity contribution in [2.45, 2.75) is 237 Å². The van der Waals surface area contributed by atoms with Crippen molar-refractivity contribution >= 4 is 16.4 Å². The summed E-state index contributed by atoms with van der Waals surface area (Å²) in [4.78, 5) is 12.9. The lowest BCUT2D eigenvalue weighted by Crippen LogP contribution is -2.60. The standard InChI is InChI=1S/C54H94O12S/c1-3-5-7-9-11-13-15-17-19-21-23-24-25-27-29-31-33-35-37-39-41-43-50(56)64-48(47-63-54-52(58)53(66-67(59,60)61)51(57)49(45-55)65-54)46-62-44-42-40-38-36-34-32-30-28-26-22-20-18-16-14-12-10-8-6-4-2/h5,7,11,13,17,19-20,22-24,27,29,48-49,51-55,57-58H,3-4,6,8-10,12,14-16,18,21,25-26,28,30-47H2,1-2H3,(H,59,60,61)/b7-5-,13-11-,19-17-,22-20-,24-23-,29-27-. The summed E-state index contributed by atoms with van der Waals surface area (Å²) in [6, 6.07) is 0. The molecule has 6 unspecified atom stereocenters. The third-order valence-electron chi connectivity index (χ3n) is 11.6. The predicted octanol–water partition coefficient (Wildman–Crippen LogP) is 12.2. The molecule has 1 saturated heterocycles. The van der Waals surface area contributed by atoms with Gasteiger partial charge in [-0.3, -0.25) is 9.35 Å². The lowest BCUT2D eigenvalue weighted by atomic mass is 9.99. The maximum Gasteiger partial charge on any atom is 0.397 e. The van der Waals surface area contributed by atoms with E-state index in [1.165, 1.54) is 89.9 Å². The number of ether oxygens (including phenoxy) is 4. The predicted molar refractivity (Wildman–Crippen MR) is 271 cm³/mol. The lowest BCUT2D eigenvalue weighted by Gasteiger charge is -2.41. The van der Waals surface area contributed by atoms with Crippen LogP contribution in [0.3, 0.4) is 0 Å². The second-order valence-electron chi connectivity index (χ2n) is 17.7. The fourth-order valence-corrected chi connectivity index (χ4v) is 8.14. The minimum absolute atomic E-state index is 0.0227. The van der Waals surface area contributed by atoms with E-state index in [0.29, 0.717) is 13.0 Å². The van der Waals surface area contributed by atoms with E-state index >= 15 is 0 Å². The fraction of sp³-hybridized carbons (Fsp3) is 0.759. The van der Waals surface area contributed by atoms with Gasteiger partial charge < -0.3 is 34.3 Å². The van der Waals surface area contributed by atoms with Gasteiger partial charge >= 0.3 is 16.4 Å². The number of esters is 1. The summed E-state index contributed by atoms with van der Waals surface area (Å²) in [7, 11) is -5.07. The van der Waals surface area contributed by atoms with Gasteiger partial charge in [0.05, 0.1) is 19.8 Å². The molecule has 1 fully saturated rings. The summed E-state index contributed by atoms with van der Waals surface area (Å²) < 4.78 is 59.3. The first-order chi connectivity index (χ1) is 32.6. The van der Waals surface area contributed by atoms with Crippen molar-refractivity contribution < 1.29 is 56.2 Å². The Labute approximate surface area is 407 Å². The zero-order chi connectivity index (χ0) is 48.9. The normalized spacial score (nSPS) is 20.0. The number of carbonyl (C=O) groups is 1. The molecule has 12 nitrogen and oxygen atoms in total. The first kappa shape index (κ1) is 62.6. The molecule has 0 aromatic carbocycles. The highest BCUT2D eigenvalue weighted by molar-refractivity contribution is 7.80. The average molecular weight is 967 g/mol. The van der Waals surface area contributed by atoms with Crippen LogP contribution in [0.2, 0.25) is 0 Å². The van der Waals surface area contributed by atoms with Crippen LogP contribution >= 0.6 is 0 Å². The van der Waals surface area contributed by atoms with E-state index in [4.69, 9.17) is 18.9 Å². The van der Waals surface area contributed by atoms with Crippen molar-refractivity contribution in [3.05, 3.63) is 72.9 Å². The quantitative estimate of drug-likeness (QED) is 0.0197. The van der Waals surface area contributed by atoms with Gasteiger partial charge in [-0.2, -0.15) is 8.42 Å². The van der Waals surface area contributed by atoms with Crippen molar-refractivity contribution in [3.63, 3.8) is 0 Å². The molecule has 1 aliphatic rings. The van der Waals surface area contributed by atoms with Gasteiger partial charge in [0.15, 0.2) is 6.29 Å². The van der Waals surface area contributed by atoms with Crippen LogP contribution in [0.25, 0.3) is 0 Å². The van der Waals surface area contributed by atoms with Gasteiger partial charge in [0.2, 0.25) is 0 Å². The Kier molecular flexibility index (Phi) is 41.8. The lowest BCUT2D eigenvalue weighted by molar-refractivity contribution is -0.301. The summed E-state index contributed by atoms with van der Waals surface area (Å²) in [6.45, 7) is 3.85. The number of unbranched alkanes of at least 4 members (excludes halogenated alkanes) is 20. The van der Waals surface area contributed by atoms with Gasteiger partial charge in [-0.1, -0.05) is 183 Å². The van der Waals surface area contributed by atoms with Crippen molar-refractivity contribution in [2.24, 2.45) is 0 Å². The molecule has 13 heteroatoms. The fourth-order valence-electron chi connectivity index (χ4n) is 7.64. The monoisotopic (exact) mass is 967 g/mol. The van der Waals surface area contributed by atoms with Gasteiger partial charge in [-0.15, -0.1) is 0 Å². The molecule has 0 spiro atoms. The number of aliphatic hydroxyl groups is 3. The number of rotatable bonds is 45. The van der Waals surface area contributed by atoms with Crippen LogP contribution in [0.5, 0.6) is 0 Å². The van der Waals surface area contributed by atoms with Crippen LogP contribution < -0.4 is 0 Å². The molecule has 0 bridgehead atoms. The summed E-state index contributed by atoms with van der Waals surface area (Å²) >= 11 is 0. The Morgan fingerprint density at radius 3 is 1.52 bits per heavy atom. The zero-order valence-electron chi connectivity index (χ0n) is 41.7. The van der Waals surface area contributed by atoms with Crippen molar-refractivity contribution in [1.82, 2.24) is 0 Å². The molecule has 0 aliphatic carbocycles. The Bertz CT molecular complexity index is 1440. The third-order valence-corrected chi connectivity index (χ3v) is 12.0. The Morgan fingerprint density at radius 2 is 1.03 bits per heavy atom. The van der Waals surface area contributed by atoms with E-state index in [0.717, 1.165) is 83.5 Å². The summed E-state index contributed by atoms with van der Waals surface area (Å²) in [5, 5.41) is 30.8. The molecule has 388 valence electrons. The van der Waals surface area contributed by atoms with Crippen LogP contribution in [0.1, 0.15) is 200 Å². The van der Waals surface area contributed by atoms with Gasteiger partial charge in [-0.25, -0.2) is 4.18 Å². The third kappa shape index (κ3) is 38.0. The van der Waals surface area contributed by atoms with Gasteiger partial charge in [0.1, 0.15) is 30.5 Å². The van der Waals surface area contributed by atoms with Crippen LogP contribution in [0.15, 0.2) is 72.9 Å². The molecule has 0 saturated carbocycles. The van der Waals surface area contributed by atoms with E-state index in [1.807, 2.05) is 0 Å². The topological polar surface area (TPSA) is 178 Å². The minimum Gasteiger partial charge on any atom is -0.457 e. The van der Waals surface area contributed by atoms with Gasteiger partial charge in [0.25, 0.3) is 0 Å². The van der Waals surface area contributed by atoms with Crippen LogP contribution in [-0.2, 0) is 38.3 Å². The Morgan fingerprint density at radius 1 is 0.582 bits per heavy atom. The smallest absolute Gasteiger partial charge is 0.397 e. The van der Waals surface area contributed by atoms with E-state index in [1.54, 1.807) is 0 Å². The molecule has 0 aromatic rings. The molecule has 0 amide bonds. The molecule has 1 heterocycles. The highest BCUT2D eigenvalue weighted by atomic mass is 32.3. The zero-order valence-corrected chi connectivity index (χ0v) is 42.5.